The second-order valence-electron chi connectivity index (χ2n) is 5.92. The Morgan fingerprint density at radius 1 is 1.33 bits per heavy atom. The van der Waals surface area contributed by atoms with Crippen molar-refractivity contribution in [3.63, 3.8) is 0 Å². The minimum absolute atomic E-state index is 0.590. The minimum Gasteiger partial charge on any atom is -0.497 e. The molecule has 0 saturated heterocycles. The van der Waals surface area contributed by atoms with Gasteiger partial charge >= 0.3 is 0 Å². The fourth-order valence-corrected chi connectivity index (χ4v) is 2.90. The van der Waals surface area contributed by atoms with Gasteiger partial charge in [-0.2, -0.15) is 0 Å². The summed E-state index contributed by atoms with van der Waals surface area (Å²) < 4.78 is 5.29. The van der Waals surface area contributed by atoms with Crippen molar-refractivity contribution in [2.24, 2.45) is 0 Å². The molecule has 1 saturated carbocycles. The molecule has 112 valence electrons. The molecule has 0 atom stereocenters. The first-order valence-electron chi connectivity index (χ1n) is 7.55. The highest BCUT2D eigenvalue weighted by Crippen LogP contribution is 2.38. The van der Waals surface area contributed by atoms with Crippen molar-refractivity contribution in [3.05, 3.63) is 47.0 Å². The quantitative estimate of drug-likeness (QED) is 0.887. The lowest BCUT2D eigenvalue weighted by atomic mass is 9.76. The molecule has 0 radical (unpaired) electrons. The van der Waals surface area contributed by atoms with E-state index in [-0.39, 0.29) is 0 Å². The van der Waals surface area contributed by atoms with Gasteiger partial charge in [0.2, 0.25) is 0 Å². The molecule has 2 aromatic rings. The predicted molar refractivity (Wildman–Crippen MR) is 83.7 cm³/mol. The van der Waals surface area contributed by atoms with Crippen molar-refractivity contribution in [2.45, 2.75) is 45.2 Å². The number of aromatic nitrogens is 2. The molecule has 1 aliphatic carbocycles. The third-order valence-electron chi connectivity index (χ3n) is 4.44. The summed E-state index contributed by atoms with van der Waals surface area (Å²) in [5, 5.41) is 3.58. The van der Waals surface area contributed by atoms with Crippen molar-refractivity contribution >= 4 is 0 Å². The van der Waals surface area contributed by atoms with Crippen LogP contribution in [-0.2, 0) is 6.54 Å². The fourth-order valence-electron chi connectivity index (χ4n) is 2.90. The Kier molecular flexibility index (Phi) is 3.97. The fraction of sp³-hybridized carbons (Fsp3) is 0.471. The molecule has 1 aliphatic rings. The van der Waals surface area contributed by atoms with Gasteiger partial charge in [0.05, 0.1) is 19.3 Å². The second-order valence-corrected chi connectivity index (χ2v) is 5.92. The lowest BCUT2D eigenvalue weighted by Crippen LogP contribution is -2.39. The third kappa shape index (κ3) is 3.10. The van der Waals surface area contributed by atoms with E-state index in [0.29, 0.717) is 12.0 Å². The Bertz CT molecular complexity index is 595. The van der Waals surface area contributed by atoms with Crippen LogP contribution in [0.1, 0.15) is 41.5 Å². The van der Waals surface area contributed by atoms with Crippen LogP contribution in [0.5, 0.6) is 5.75 Å². The molecule has 21 heavy (non-hydrogen) atoms. The van der Waals surface area contributed by atoms with Crippen LogP contribution in [-0.4, -0.2) is 23.1 Å². The summed E-state index contributed by atoms with van der Waals surface area (Å²) in [6.45, 7) is 4.93. The van der Waals surface area contributed by atoms with Gasteiger partial charge in [-0.3, -0.25) is 0 Å². The predicted octanol–water partition coefficient (Wildman–Crippen LogP) is 3.07. The molecular formula is C17H23N3O. The number of rotatable bonds is 5. The number of ether oxygens (including phenoxy) is 1. The zero-order chi connectivity index (χ0) is 14.8. The molecule has 2 N–H and O–H groups in total. The lowest BCUT2D eigenvalue weighted by Gasteiger charge is -2.36. The summed E-state index contributed by atoms with van der Waals surface area (Å²) in [7, 11) is 1.72. The van der Waals surface area contributed by atoms with E-state index in [1.807, 2.05) is 13.0 Å². The number of H-pyrrole nitrogens is 1. The van der Waals surface area contributed by atoms with E-state index < -0.39 is 0 Å². The molecule has 0 unspecified atom stereocenters. The number of benzene rings is 1. The topological polar surface area (TPSA) is 49.9 Å². The molecule has 0 spiro atoms. The van der Waals surface area contributed by atoms with Gasteiger partial charge in [0.25, 0.3) is 0 Å². The Labute approximate surface area is 125 Å². The molecule has 4 heteroatoms. The van der Waals surface area contributed by atoms with E-state index in [1.165, 1.54) is 18.4 Å². The van der Waals surface area contributed by atoms with E-state index in [2.05, 4.69) is 40.4 Å². The maximum atomic E-state index is 5.29. The Balaban J connectivity index is 1.49. The van der Waals surface area contributed by atoms with Crippen molar-refractivity contribution in [3.8, 4) is 5.75 Å². The summed E-state index contributed by atoms with van der Waals surface area (Å²) in [5.74, 6) is 2.64. The van der Waals surface area contributed by atoms with Gasteiger partial charge in [-0.15, -0.1) is 0 Å². The van der Waals surface area contributed by atoms with Crippen molar-refractivity contribution < 1.29 is 4.74 Å². The van der Waals surface area contributed by atoms with Crippen LogP contribution in [0.3, 0.4) is 0 Å². The van der Waals surface area contributed by atoms with Crippen molar-refractivity contribution in [2.75, 3.05) is 7.11 Å². The highest BCUT2D eigenvalue weighted by atomic mass is 16.5. The number of imidazole rings is 1. The van der Waals surface area contributed by atoms with E-state index in [9.17, 15) is 0 Å². The van der Waals surface area contributed by atoms with E-state index in [0.717, 1.165) is 29.5 Å². The molecule has 4 nitrogen and oxygen atoms in total. The van der Waals surface area contributed by atoms with Crippen molar-refractivity contribution in [1.82, 2.24) is 15.3 Å². The molecule has 3 rings (SSSR count). The Hall–Kier alpha value is -1.81. The Morgan fingerprint density at radius 3 is 2.81 bits per heavy atom. The van der Waals surface area contributed by atoms with Gasteiger partial charge < -0.3 is 15.0 Å². The number of nitrogens with one attached hydrogen (secondary N) is 2. The van der Waals surface area contributed by atoms with Crippen LogP contribution in [0.15, 0.2) is 24.3 Å². The third-order valence-corrected chi connectivity index (χ3v) is 4.44. The zero-order valence-electron chi connectivity index (χ0n) is 12.9. The second kappa shape index (κ2) is 5.90. The van der Waals surface area contributed by atoms with Crippen LogP contribution in [0, 0.1) is 13.8 Å². The number of nitrogens with zero attached hydrogens (tertiary/aromatic N) is 1. The molecule has 0 amide bonds. The van der Waals surface area contributed by atoms with Gasteiger partial charge in [-0.25, -0.2) is 4.98 Å². The summed E-state index contributed by atoms with van der Waals surface area (Å²) in [6, 6.07) is 9.01. The van der Waals surface area contributed by atoms with Crippen LogP contribution in [0.4, 0.5) is 0 Å². The zero-order valence-corrected chi connectivity index (χ0v) is 12.9. The summed E-state index contributed by atoms with van der Waals surface area (Å²) >= 11 is 0. The van der Waals surface area contributed by atoms with Gasteiger partial charge in [0.15, 0.2) is 0 Å². The number of aromatic amines is 1. The minimum atomic E-state index is 0.590. The molecule has 1 heterocycles. The number of methoxy groups -OCH3 is 1. The Morgan fingerprint density at radius 2 is 2.14 bits per heavy atom. The monoisotopic (exact) mass is 285 g/mol. The first-order chi connectivity index (χ1) is 10.2. The van der Waals surface area contributed by atoms with Crippen LogP contribution >= 0.6 is 0 Å². The molecule has 1 aromatic carbocycles. The van der Waals surface area contributed by atoms with Gasteiger partial charge in [-0.1, -0.05) is 12.1 Å². The molecule has 1 aromatic heterocycles. The van der Waals surface area contributed by atoms with Gasteiger partial charge in [-0.05, 0) is 50.3 Å². The van der Waals surface area contributed by atoms with Gasteiger partial charge in [0.1, 0.15) is 11.6 Å². The molecule has 0 aliphatic heterocycles. The standard InChI is InChI=1S/C17H23N3O/c1-11-12(2)20-17(19-11)10-18-15-7-14(8-15)13-5-4-6-16(9-13)21-3/h4-6,9,14-15,18H,7-8,10H2,1-3H3,(H,19,20). The molecule has 1 fully saturated rings. The number of hydrogen-bond donors (Lipinski definition) is 2. The van der Waals surface area contributed by atoms with Gasteiger partial charge in [0, 0.05) is 11.7 Å². The summed E-state index contributed by atoms with van der Waals surface area (Å²) in [4.78, 5) is 7.82. The van der Waals surface area contributed by atoms with Crippen molar-refractivity contribution in [1.29, 1.82) is 0 Å². The lowest BCUT2D eigenvalue weighted by molar-refractivity contribution is 0.287. The van der Waals surface area contributed by atoms with Crippen LogP contribution < -0.4 is 10.1 Å². The maximum absolute atomic E-state index is 5.29. The summed E-state index contributed by atoms with van der Waals surface area (Å²) in [6.07, 6.45) is 2.37. The first kappa shape index (κ1) is 14.1. The highest BCUT2D eigenvalue weighted by Gasteiger charge is 2.30. The SMILES string of the molecule is COc1cccc(C2CC(NCc3nc(C)c(C)[nH]3)C2)c1. The molecule has 0 bridgehead atoms. The van der Waals surface area contributed by atoms with E-state index in [4.69, 9.17) is 4.74 Å². The van der Waals surface area contributed by atoms with Crippen LogP contribution in [0.25, 0.3) is 0 Å². The maximum Gasteiger partial charge on any atom is 0.120 e. The smallest absolute Gasteiger partial charge is 0.120 e. The molecular weight excluding hydrogens is 262 g/mol. The van der Waals surface area contributed by atoms with E-state index in [1.54, 1.807) is 7.11 Å². The summed E-state index contributed by atoms with van der Waals surface area (Å²) in [5.41, 5.74) is 3.64. The normalized spacial score (nSPS) is 21.1. The van der Waals surface area contributed by atoms with Crippen LogP contribution in [0.2, 0.25) is 0 Å². The average Bonchev–Trinajstić information content (AvgIpc) is 2.76. The average molecular weight is 285 g/mol. The van der Waals surface area contributed by atoms with E-state index >= 15 is 0 Å². The highest BCUT2D eigenvalue weighted by molar-refractivity contribution is 5.32. The number of aryl methyl sites for hydroxylation is 2. The first-order valence-corrected chi connectivity index (χ1v) is 7.55. The largest absolute Gasteiger partial charge is 0.497 e. The number of hydrogen-bond acceptors (Lipinski definition) is 3.